The van der Waals surface area contributed by atoms with Crippen molar-refractivity contribution in [3.8, 4) is 0 Å². The second-order valence-corrected chi connectivity index (χ2v) is 7.76. The van der Waals surface area contributed by atoms with Crippen molar-refractivity contribution in [3.05, 3.63) is 93.8 Å². The zero-order valence-electron chi connectivity index (χ0n) is 16.4. The van der Waals surface area contributed by atoms with E-state index in [-0.39, 0.29) is 17.6 Å². The molecule has 6 heteroatoms. The van der Waals surface area contributed by atoms with Crippen molar-refractivity contribution in [1.82, 2.24) is 0 Å². The molecule has 0 spiro atoms. The Kier molecular flexibility index (Phi) is 5.55. The van der Waals surface area contributed by atoms with Crippen LogP contribution in [0.25, 0.3) is 0 Å². The summed E-state index contributed by atoms with van der Waals surface area (Å²) in [6, 6.07) is 16.2. The largest absolute Gasteiger partial charge is 0.322 e. The molecule has 3 aromatic carbocycles. The molecule has 0 bridgehead atoms. The Bertz CT molecular complexity index is 1130. The van der Waals surface area contributed by atoms with Crippen molar-refractivity contribution in [2.45, 2.75) is 19.8 Å². The molecule has 4 nitrogen and oxygen atoms in total. The Morgan fingerprint density at radius 2 is 1.73 bits per heavy atom. The molecule has 1 N–H and O–H groups in total. The van der Waals surface area contributed by atoms with Gasteiger partial charge in [0.25, 0.3) is 11.8 Å². The third-order valence-electron chi connectivity index (χ3n) is 5.24. The molecule has 30 heavy (non-hydrogen) atoms. The van der Waals surface area contributed by atoms with Gasteiger partial charge in [0.1, 0.15) is 5.82 Å². The van der Waals surface area contributed by atoms with E-state index in [1.54, 1.807) is 29.2 Å². The molecular weight excluding hydrogens is 403 g/mol. The van der Waals surface area contributed by atoms with Gasteiger partial charge in [-0.05, 0) is 85.5 Å². The zero-order chi connectivity index (χ0) is 21.3. The number of fused-ring (bicyclic) bond motifs is 1. The third-order valence-corrected chi connectivity index (χ3v) is 5.48. The van der Waals surface area contributed by atoms with Crippen LogP contribution >= 0.6 is 11.6 Å². The van der Waals surface area contributed by atoms with Gasteiger partial charge < -0.3 is 10.2 Å². The molecule has 0 saturated heterocycles. The number of nitrogens with zero attached hydrogens (tertiary/aromatic N) is 1. The molecule has 0 atom stereocenters. The molecule has 1 aliphatic heterocycles. The normalized spacial score (nSPS) is 13.0. The fraction of sp³-hybridized carbons (Fsp3) is 0.167. The molecule has 0 unspecified atom stereocenters. The zero-order valence-corrected chi connectivity index (χ0v) is 17.2. The van der Waals surface area contributed by atoms with E-state index in [0.29, 0.717) is 28.4 Å². The van der Waals surface area contributed by atoms with Crippen LogP contribution in [-0.4, -0.2) is 18.4 Å². The molecule has 0 fully saturated rings. The van der Waals surface area contributed by atoms with Gasteiger partial charge in [0.15, 0.2) is 0 Å². The smallest absolute Gasteiger partial charge is 0.258 e. The summed E-state index contributed by atoms with van der Waals surface area (Å²) in [5, 5.41) is 3.45. The summed E-state index contributed by atoms with van der Waals surface area (Å²) in [7, 11) is 0. The minimum atomic E-state index is -0.379. The number of rotatable bonds is 3. The van der Waals surface area contributed by atoms with Gasteiger partial charge in [-0.2, -0.15) is 0 Å². The van der Waals surface area contributed by atoms with Gasteiger partial charge >= 0.3 is 0 Å². The lowest BCUT2D eigenvalue weighted by Crippen LogP contribution is -2.35. The summed E-state index contributed by atoms with van der Waals surface area (Å²) >= 11 is 6.04. The van der Waals surface area contributed by atoms with Crippen molar-refractivity contribution < 1.29 is 14.0 Å². The number of nitrogens with one attached hydrogen (secondary N) is 1. The first-order valence-electron chi connectivity index (χ1n) is 9.70. The van der Waals surface area contributed by atoms with Crippen LogP contribution in [0.15, 0.2) is 60.7 Å². The number of carbonyl (C=O) groups excluding carboxylic acids is 2. The Balaban J connectivity index is 1.58. The van der Waals surface area contributed by atoms with E-state index in [2.05, 4.69) is 5.32 Å². The Hall–Kier alpha value is -3.18. The van der Waals surface area contributed by atoms with E-state index in [1.165, 1.54) is 24.3 Å². The lowest BCUT2D eigenvalue weighted by Gasteiger charge is -2.30. The van der Waals surface area contributed by atoms with E-state index >= 15 is 0 Å². The first-order chi connectivity index (χ1) is 14.4. The fourth-order valence-corrected chi connectivity index (χ4v) is 3.79. The van der Waals surface area contributed by atoms with Crippen LogP contribution in [0.5, 0.6) is 0 Å². The SMILES string of the molecule is Cc1ccc(Cl)cc1NC(=O)c1ccc2c(c1)CCCN2C(=O)c1ccc(F)cc1. The number of amides is 2. The highest BCUT2D eigenvalue weighted by Crippen LogP contribution is 2.30. The van der Waals surface area contributed by atoms with Crippen LogP contribution in [0.2, 0.25) is 5.02 Å². The maximum absolute atomic E-state index is 13.2. The molecule has 0 aliphatic carbocycles. The first kappa shape index (κ1) is 20.1. The van der Waals surface area contributed by atoms with Gasteiger partial charge in [0.05, 0.1) is 0 Å². The van der Waals surface area contributed by atoms with Crippen LogP contribution in [0.4, 0.5) is 15.8 Å². The van der Waals surface area contributed by atoms with Crippen LogP contribution in [0.3, 0.4) is 0 Å². The average molecular weight is 423 g/mol. The summed E-state index contributed by atoms with van der Waals surface area (Å²) in [4.78, 5) is 27.4. The van der Waals surface area contributed by atoms with Crippen LogP contribution < -0.4 is 10.2 Å². The number of anilines is 2. The number of benzene rings is 3. The van der Waals surface area contributed by atoms with Gasteiger partial charge in [-0.3, -0.25) is 9.59 Å². The van der Waals surface area contributed by atoms with Gasteiger partial charge in [0, 0.05) is 34.1 Å². The second kappa shape index (κ2) is 8.28. The molecule has 3 aromatic rings. The lowest BCUT2D eigenvalue weighted by molar-refractivity contribution is 0.0984. The van der Waals surface area contributed by atoms with Gasteiger partial charge in [0.2, 0.25) is 0 Å². The van der Waals surface area contributed by atoms with E-state index in [1.807, 2.05) is 19.1 Å². The van der Waals surface area contributed by atoms with Gasteiger partial charge in [-0.15, -0.1) is 0 Å². The maximum atomic E-state index is 13.2. The number of aryl methyl sites for hydroxylation is 2. The lowest BCUT2D eigenvalue weighted by atomic mass is 9.98. The predicted octanol–water partition coefficient (Wildman–Crippen LogP) is 5.63. The fourth-order valence-electron chi connectivity index (χ4n) is 3.62. The molecule has 1 aliphatic rings. The monoisotopic (exact) mass is 422 g/mol. The van der Waals surface area contributed by atoms with Crippen molar-refractivity contribution in [1.29, 1.82) is 0 Å². The molecular formula is C24H20ClFN2O2. The second-order valence-electron chi connectivity index (χ2n) is 7.32. The Labute approximate surface area is 179 Å². The molecule has 2 amide bonds. The molecule has 0 radical (unpaired) electrons. The van der Waals surface area contributed by atoms with Crippen molar-refractivity contribution >= 4 is 34.8 Å². The van der Waals surface area contributed by atoms with E-state index in [4.69, 9.17) is 11.6 Å². The van der Waals surface area contributed by atoms with E-state index in [0.717, 1.165) is 29.7 Å². The standard InChI is InChI=1S/C24H20ClFN2O2/c1-15-4-8-19(25)14-21(15)27-23(29)18-7-11-22-17(13-18)3-2-12-28(22)24(30)16-5-9-20(26)10-6-16/h4-11,13-14H,2-3,12H2,1H3,(H,27,29). The molecule has 1 heterocycles. The number of halogens is 2. The topological polar surface area (TPSA) is 49.4 Å². The minimum Gasteiger partial charge on any atom is -0.322 e. The highest BCUT2D eigenvalue weighted by molar-refractivity contribution is 6.31. The molecule has 152 valence electrons. The quantitative estimate of drug-likeness (QED) is 0.594. The van der Waals surface area contributed by atoms with Crippen molar-refractivity contribution in [2.24, 2.45) is 0 Å². The molecule has 0 saturated carbocycles. The van der Waals surface area contributed by atoms with Gasteiger partial charge in [-0.1, -0.05) is 17.7 Å². The molecule has 0 aromatic heterocycles. The summed E-state index contributed by atoms with van der Waals surface area (Å²) in [6.45, 7) is 2.48. The van der Waals surface area contributed by atoms with Crippen LogP contribution in [-0.2, 0) is 6.42 Å². The Morgan fingerprint density at radius 3 is 2.50 bits per heavy atom. The first-order valence-corrected chi connectivity index (χ1v) is 10.1. The summed E-state index contributed by atoms with van der Waals surface area (Å²) < 4.78 is 13.2. The predicted molar refractivity (Wildman–Crippen MR) is 117 cm³/mol. The van der Waals surface area contributed by atoms with E-state index < -0.39 is 0 Å². The third kappa shape index (κ3) is 4.07. The molecule has 4 rings (SSSR count). The van der Waals surface area contributed by atoms with Crippen molar-refractivity contribution in [2.75, 3.05) is 16.8 Å². The van der Waals surface area contributed by atoms with Crippen LogP contribution in [0, 0.1) is 12.7 Å². The van der Waals surface area contributed by atoms with Crippen LogP contribution in [0.1, 0.15) is 38.3 Å². The minimum absolute atomic E-state index is 0.178. The van der Waals surface area contributed by atoms with Gasteiger partial charge in [-0.25, -0.2) is 4.39 Å². The summed E-state index contributed by atoms with van der Waals surface area (Å²) in [6.07, 6.45) is 1.57. The highest BCUT2D eigenvalue weighted by atomic mass is 35.5. The van der Waals surface area contributed by atoms with Crippen molar-refractivity contribution in [3.63, 3.8) is 0 Å². The van der Waals surface area contributed by atoms with E-state index in [9.17, 15) is 14.0 Å². The number of carbonyl (C=O) groups is 2. The summed E-state index contributed by atoms with van der Waals surface area (Å²) in [5.74, 6) is -0.788. The average Bonchev–Trinajstić information content (AvgIpc) is 2.75. The maximum Gasteiger partial charge on any atom is 0.258 e. The summed E-state index contributed by atoms with van der Waals surface area (Å²) in [5.41, 5.74) is 4.25. The number of hydrogen-bond acceptors (Lipinski definition) is 2. The Morgan fingerprint density at radius 1 is 1.00 bits per heavy atom. The number of hydrogen-bond donors (Lipinski definition) is 1. The highest BCUT2D eigenvalue weighted by Gasteiger charge is 2.24.